The third-order valence-corrected chi connectivity index (χ3v) is 6.17. The largest absolute Gasteiger partial charge is 0.345 e. The van der Waals surface area contributed by atoms with E-state index >= 15 is 0 Å². The molecule has 1 N–H and O–H groups in total. The zero-order valence-electron chi connectivity index (χ0n) is 18.2. The topological polar surface area (TPSA) is 89.2 Å². The van der Waals surface area contributed by atoms with E-state index in [1.54, 1.807) is 35.1 Å². The number of carbonyl (C=O) groups is 2. The van der Waals surface area contributed by atoms with Crippen LogP contribution in [0.15, 0.2) is 29.3 Å². The van der Waals surface area contributed by atoms with Crippen molar-refractivity contribution in [2.75, 3.05) is 7.05 Å². The molecule has 0 aromatic carbocycles. The Hall–Kier alpha value is -2.90. The van der Waals surface area contributed by atoms with Gasteiger partial charge in [0.2, 0.25) is 5.91 Å². The molecule has 2 amide bonds. The van der Waals surface area contributed by atoms with Gasteiger partial charge in [0.25, 0.3) is 11.5 Å². The smallest absolute Gasteiger partial charge is 0.263 e. The fraction of sp³-hybridized carbons (Fsp3) is 0.545. The minimum absolute atomic E-state index is 0.0269. The molecule has 0 spiro atoms. The number of rotatable bonds is 6. The second-order valence-corrected chi connectivity index (χ2v) is 8.16. The first-order valence-corrected chi connectivity index (χ1v) is 10.5. The number of carbonyl (C=O) groups excluding carboxylic acids is 2. The van der Waals surface area contributed by atoms with Crippen molar-refractivity contribution in [3.63, 3.8) is 0 Å². The van der Waals surface area contributed by atoms with Gasteiger partial charge in [-0.3, -0.25) is 19.1 Å². The van der Waals surface area contributed by atoms with Gasteiger partial charge in [0.05, 0.1) is 12.2 Å². The molecule has 0 unspecified atom stereocenters. The number of likely N-dealkylation sites (N-methyl/N-ethyl adjacent to an activating group) is 1. The minimum atomic E-state index is -0.462. The first-order chi connectivity index (χ1) is 14.3. The van der Waals surface area contributed by atoms with Crippen molar-refractivity contribution in [2.24, 2.45) is 7.05 Å². The van der Waals surface area contributed by atoms with Crippen LogP contribution < -0.4 is 10.9 Å². The molecule has 0 bridgehead atoms. The van der Waals surface area contributed by atoms with E-state index in [0.29, 0.717) is 0 Å². The van der Waals surface area contributed by atoms with Gasteiger partial charge in [-0.2, -0.15) is 5.10 Å². The van der Waals surface area contributed by atoms with E-state index in [1.165, 1.54) is 17.1 Å². The van der Waals surface area contributed by atoms with Gasteiger partial charge in [-0.05, 0) is 38.8 Å². The molecule has 1 fully saturated rings. The third kappa shape index (κ3) is 4.63. The SMILES string of the molecule is Cc1c([C@@H](C)NC(=O)c2cccn(CC(=O)N(C)C3CCCCC3)c2=O)cnn1C. The average molecular weight is 414 g/mol. The van der Waals surface area contributed by atoms with Crippen molar-refractivity contribution < 1.29 is 9.59 Å². The molecule has 3 rings (SSSR count). The lowest BCUT2D eigenvalue weighted by atomic mass is 9.94. The van der Waals surface area contributed by atoms with E-state index in [2.05, 4.69) is 10.4 Å². The van der Waals surface area contributed by atoms with E-state index in [4.69, 9.17) is 0 Å². The lowest BCUT2D eigenvalue weighted by Gasteiger charge is -2.31. The summed E-state index contributed by atoms with van der Waals surface area (Å²) >= 11 is 0. The van der Waals surface area contributed by atoms with E-state index < -0.39 is 11.5 Å². The molecule has 1 saturated carbocycles. The molecule has 0 saturated heterocycles. The lowest BCUT2D eigenvalue weighted by Crippen LogP contribution is -2.42. The molecule has 0 radical (unpaired) electrons. The first kappa shape index (κ1) is 21.8. The molecule has 162 valence electrons. The Morgan fingerprint density at radius 2 is 2.00 bits per heavy atom. The van der Waals surface area contributed by atoms with Crippen LogP contribution in [0.1, 0.15) is 66.7 Å². The zero-order chi connectivity index (χ0) is 21.8. The van der Waals surface area contributed by atoms with Crippen molar-refractivity contribution in [1.82, 2.24) is 24.6 Å². The predicted molar refractivity (Wildman–Crippen MR) is 114 cm³/mol. The van der Waals surface area contributed by atoms with Crippen molar-refractivity contribution in [3.05, 3.63) is 51.7 Å². The standard InChI is InChI=1S/C22H31N5O3/c1-15(19-13-23-26(4)16(19)2)24-21(29)18-11-8-12-27(22(18)30)14-20(28)25(3)17-9-6-5-7-10-17/h8,11-13,15,17H,5-7,9-10,14H2,1-4H3,(H,24,29)/t15-/m1/s1. The Morgan fingerprint density at radius 3 is 2.63 bits per heavy atom. The molecule has 8 nitrogen and oxygen atoms in total. The van der Waals surface area contributed by atoms with Crippen LogP contribution in [0, 0.1) is 6.92 Å². The van der Waals surface area contributed by atoms with Gasteiger partial charge in [0.1, 0.15) is 12.1 Å². The molecule has 2 aromatic rings. The van der Waals surface area contributed by atoms with Crippen molar-refractivity contribution >= 4 is 11.8 Å². The molecule has 30 heavy (non-hydrogen) atoms. The summed E-state index contributed by atoms with van der Waals surface area (Å²) in [6.45, 7) is 3.71. The highest BCUT2D eigenvalue weighted by Crippen LogP contribution is 2.21. The number of nitrogens with zero attached hydrogens (tertiary/aromatic N) is 4. The van der Waals surface area contributed by atoms with Crippen LogP contribution >= 0.6 is 0 Å². The number of nitrogens with one attached hydrogen (secondary N) is 1. The number of aromatic nitrogens is 3. The highest BCUT2D eigenvalue weighted by atomic mass is 16.2. The molecule has 1 aliphatic rings. The Bertz CT molecular complexity index is 971. The second kappa shape index (κ2) is 9.28. The highest BCUT2D eigenvalue weighted by Gasteiger charge is 2.23. The second-order valence-electron chi connectivity index (χ2n) is 8.16. The summed E-state index contributed by atoms with van der Waals surface area (Å²) in [5, 5.41) is 7.06. The van der Waals surface area contributed by atoms with E-state index in [9.17, 15) is 14.4 Å². The summed E-state index contributed by atoms with van der Waals surface area (Å²) in [4.78, 5) is 40.0. The third-order valence-electron chi connectivity index (χ3n) is 6.17. The molecule has 2 heterocycles. The summed E-state index contributed by atoms with van der Waals surface area (Å²) < 4.78 is 3.05. The summed E-state index contributed by atoms with van der Waals surface area (Å²) in [6.07, 6.45) is 8.76. The predicted octanol–water partition coefficient (Wildman–Crippen LogP) is 2.17. The maximum absolute atomic E-state index is 12.8. The number of hydrogen-bond acceptors (Lipinski definition) is 4. The summed E-state index contributed by atoms with van der Waals surface area (Å²) in [5.74, 6) is -0.570. The van der Waals surface area contributed by atoms with Crippen LogP contribution in [0.3, 0.4) is 0 Å². The molecule has 0 aliphatic heterocycles. The lowest BCUT2D eigenvalue weighted by molar-refractivity contribution is -0.133. The number of pyridine rings is 1. The normalized spacial score (nSPS) is 15.6. The van der Waals surface area contributed by atoms with Crippen molar-refractivity contribution in [2.45, 2.75) is 64.6 Å². The van der Waals surface area contributed by atoms with Gasteiger partial charge < -0.3 is 14.8 Å². The van der Waals surface area contributed by atoms with Gasteiger partial charge in [0, 0.05) is 37.6 Å². The number of hydrogen-bond donors (Lipinski definition) is 1. The maximum atomic E-state index is 12.8. The van der Waals surface area contributed by atoms with Crippen molar-refractivity contribution in [1.29, 1.82) is 0 Å². The quantitative estimate of drug-likeness (QED) is 0.786. The molecule has 1 aliphatic carbocycles. The van der Waals surface area contributed by atoms with E-state index in [1.807, 2.05) is 20.9 Å². The van der Waals surface area contributed by atoms with E-state index in [0.717, 1.165) is 36.9 Å². The zero-order valence-corrected chi connectivity index (χ0v) is 18.2. The van der Waals surface area contributed by atoms with E-state index in [-0.39, 0.29) is 30.1 Å². The summed E-state index contributed by atoms with van der Waals surface area (Å²) in [6, 6.07) is 3.06. The Balaban J connectivity index is 1.71. The van der Waals surface area contributed by atoms with Gasteiger partial charge >= 0.3 is 0 Å². The van der Waals surface area contributed by atoms with Crippen LogP contribution in [-0.4, -0.2) is 44.2 Å². The van der Waals surface area contributed by atoms with Gasteiger partial charge in [0.15, 0.2) is 0 Å². The fourth-order valence-corrected chi connectivity index (χ4v) is 4.06. The summed E-state index contributed by atoms with van der Waals surface area (Å²) in [7, 11) is 3.64. The fourth-order valence-electron chi connectivity index (χ4n) is 4.06. The van der Waals surface area contributed by atoms with Gasteiger partial charge in [-0.15, -0.1) is 0 Å². The maximum Gasteiger partial charge on any atom is 0.263 e. The monoisotopic (exact) mass is 413 g/mol. The van der Waals surface area contributed by atoms with Crippen LogP contribution in [0.4, 0.5) is 0 Å². The number of aryl methyl sites for hydroxylation is 1. The average Bonchev–Trinajstić information content (AvgIpc) is 3.08. The molecule has 8 heteroatoms. The van der Waals surface area contributed by atoms with Gasteiger partial charge in [-0.1, -0.05) is 19.3 Å². The molecular weight excluding hydrogens is 382 g/mol. The summed E-state index contributed by atoms with van der Waals surface area (Å²) in [5.41, 5.74) is 1.41. The molecule has 1 atom stereocenters. The molecule has 2 aromatic heterocycles. The first-order valence-electron chi connectivity index (χ1n) is 10.5. The Morgan fingerprint density at radius 1 is 1.30 bits per heavy atom. The number of amides is 2. The Labute approximate surface area is 176 Å². The highest BCUT2D eigenvalue weighted by molar-refractivity contribution is 5.94. The minimum Gasteiger partial charge on any atom is -0.345 e. The van der Waals surface area contributed by atoms with Crippen LogP contribution in [-0.2, 0) is 18.4 Å². The van der Waals surface area contributed by atoms with Crippen molar-refractivity contribution in [3.8, 4) is 0 Å². The van der Waals surface area contributed by atoms with Crippen LogP contribution in [0.2, 0.25) is 0 Å². The van der Waals surface area contributed by atoms with Gasteiger partial charge in [-0.25, -0.2) is 0 Å². The van der Waals surface area contributed by atoms with Crippen LogP contribution in [0.5, 0.6) is 0 Å². The van der Waals surface area contributed by atoms with Crippen LogP contribution in [0.25, 0.3) is 0 Å². The Kier molecular flexibility index (Phi) is 6.74. The molecular formula is C22H31N5O3.